The van der Waals surface area contributed by atoms with Crippen LogP contribution in [0.2, 0.25) is 0 Å². The lowest BCUT2D eigenvalue weighted by molar-refractivity contribution is 0.00962. The van der Waals surface area contributed by atoms with E-state index in [1.165, 1.54) is 33.4 Å². The van der Waals surface area contributed by atoms with Crippen molar-refractivity contribution < 1.29 is 9.47 Å². The lowest BCUT2D eigenvalue weighted by atomic mass is 9.86. The van der Waals surface area contributed by atoms with E-state index in [1.54, 1.807) is 7.11 Å². The first kappa shape index (κ1) is 15.1. The molecule has 2 aromatic carbocycles. The summed E-state index contributed by atoms with van der Waals surface area (Å²) in [7, 11) is 1.78. The van der Waals surface area contributed by atoms with Crippen molar-refractivity contribution in [2.24, 2.45) is 0 Å². The van der Waals surface area contributed by atoms with E-state index in [-0.39, 0.29) is 11.7 Å². The topological polar surface area (TPSA) is 21.8 Å². The van der Waals surface area contributed by atoms with E-state index in [1.807, 2.05) is 0 Å². The van der Waals surface area contributed by atoms with Crippen LogP contribution in [-0.4, -0.2) is 25.4 Å². The van der Waals surface area contributed by atoms with Crippen LogP contribution >= 0.6 is 0 Å². The second-order valence-electron chi connectivity index (χ2n) is 7.25. The van der Waals surface area contributed by atoms with Gasteiger partial charge in [0.1, 0.15) is 11.7 Å². The van der Waals surface area contributed by atoms with E-state index < -0.39 is 0 Å². The van der Waals surface area contributed by atoms with Gasteiger partial charge in [0.2, 0.25) is 0 Å². The first-order valence-corrected chi connectivity index (χ1v) is 9.03. The van der Waals surface area contributed by atoms with Gasteiger partial charge in [0, 0.05) is 13.5 Å². The average molecular weight is 330 g/mol. The summed E-state index contributed by atoms with van der Waals surface area (Å²) in [6.45, 7) is 0.811. The van der Waals surface area contributed by atoms with Gasteiger partial charge < -0.3 is 9.47 Å². The molecule has 0 spiro atoms. The molecule has 25 heavy (non-hydrogen) atoms. The number of hydrogen-bond acceptors (Lipinski definition) is 2. The summed E-state index contributed by atoms with van der Waals surface area (Å²) in [5.41, 5.74) is 8.31. The molecule has 2 aromatic rings. The predicted octanol–water partition coefficient (Wildman–Crippen LogP) is 4.47. The molecular weight excluding hydrogens is 308 g/mol. The second kappa shape index (κ2) is 5.69. The molecule has 2 atom stereocenters. The Morgan fingerprint density at radius 3 is 2.72 bits per heavy atom. The first-order chi connectivity index (χ1) is 12.3. The highest BCUT2D eigenvalue weighted by molar-refractivity contribution is 5.78. The third-order valence-electron chi connectivity index (χ3n) is 5.86. The van der Waals surface area contributed by atoms with Gasteiger partial charge in [-0.25, -0.2) is 0 Å². The van der Waals surface area contributed by atoms with Gasteiger partial charge in [0.25, 0.3) is 0 Å². The fourth-order valence-corrected chi connectivity index (χ4v) is 4.27. The Bertz CT molecular complexity index is 889. The minimum atomic E-state index is -0.252. The Balaban J connectivity index is 1.41. The molecule has 0 bridgehead atoms. The van der Waals surface area contributed by atoms with Gasteiger partial charge in [-0.3, -0.25) is 0 Å². The van der Waals surface area contributed by atoms with Gasteiger partial charge in [0.05, 0.1) is 6.61 Å². The van der Waals surface area contributed by atoms with E-state index >= 15 is 0 Å². The molecule has 0 saturated carbocycles. The van der Waals surface area contributed by atoms with Crippen molar-refractivity contribution in [2.75, 3.05) is 13.7 Å². The van der Waals surface area contributed by atoms with E-state index in [0.29, 0.717) is 0 Å². The largest absolute Gasteiger partial charge is 0.371 e. The van der Waals surface area contributed by atoms with E-state index in [2.05, 4.69) is 60.7 Å². The lowest BCUT2D eigenvalue weighted by Gasteiger charge is -2.29. The standard InChI is InChI=1S/C23H22O2/c1-24-23(22-15-25-22)11-9-16(10-12-23)13-17-6-4-8-20-19-7-3-2-5-18(19)14-21(17)20/h2-11,22H,12-15H2,1H3. The van der Waals surface area contributed by atoms with Gasteiger partial charge in [-0.05, 0) is 52.3 Å². The Morgan fingerprint density at radius 1 is 1.12 bits per heavy atom. The van der Waals surface area contributed by atoms with Crippen LogP contribution in [0.15, 0.2) is 66.3 Å². The maximum absolute atomic E-state index is 5.76. The highest BCUT2D eigenvalue weighted by atomic mass is 16.6. The number of methoxy groups -OCH3 is 1. The molecule has 0 amide bonds. The van der Waals surface area contributed by atoms with Gasteiger partial charge in [0.15, 0.2) is 0 Å². The average Bonchev–Trinajstić information content (AvgIpc) is 3.44. The molecule has 0 aromatic heterocycles. The normalized spacial score (nSPS) is 26.1. The van der Waals surface area contributed by atoms with Crippen molar-refractivity contribution in [1.29, 1.82) is 0 Å². The number of fused-ring (bicyclic) bond motifs is 3. The highest BCUT2D eigenvalue weighted by Gasteiger charge is 2.45. The van der Waals surface area contributed by atoms with Crippen molar-refractivity contribution in [3.05, 3.63) is 83.0 Å². The Kier molecular flexibility index (Phi) is 3.44. The maximum Gasteiger partial charge on any atom is 0.118 e. The first-order valence-electron chi connectivity index (χ1n) is 9.03. The summed E-state index contributed by atoms with van der Waals surface area (Å²) in [6, 6.07) is 15.5. The van der Waals surface area contributed by atoms with Crippen LogP contribution in [0.3, 0.4) is 0 Å². The smallest absolute Gasteiger partial charge is 0.118 e. The van der Waals surface area contributed by atoms with Crippen LogP contribution in [-0.2, 0) is 22.3 Å². The zero-order chi connectivity index (χ0) is 16.9. The van der Waals surface area contributed by atoms with E-state index in [4.69, 9.17) is 9.47 Å². The molecule has 2 aliphatic carbocycles. The molecule has 1 heterocycles. The minimum absolute atomic E-state index is 0.224. The summed E-state index contributed by atoms with van der Waals surface area (Å²) < 4.78 is 11.2. The highest BCUT2D eigenvalue weighted by Crippen LogP contribution is 2.40. The van der Waals surface area contributed by atoms with Crippen molar-refractivity contribution in [3.63, 3.8) is 0 Å². The monoisotopic (exact) mass is 330 g/mol. The lowest BCUT2D eigenvalue weighted by Crippen LogP contribution is -2.36. The molecular formula is C23H22O2. The third-order valence-corrected chi connectivity index (χ3v) is 5.86. The van der Waals surface area contributed by atoms with Crippen LogP contribution in [0.1, 0.15) is 23.1 Å². The number of benzene rings is 2. The molecule has 1 saturated heterocycles. The summed E-state index contributed by atoms with van der Waals surface area (Å²) >= 11 is 0. The summed E-state index contributed by atoms with van der Waals surface area (Å²) in [6.07, 6.45) is 9.92. The van der Waals surface area contributed by atoms with Crippen molar-refractivity contribution in [2.45, 2.75) is 31.0 Å². The zero-order valence-electron chi connectivity index (χ0n) is 14.5. The predicted molar refractivity (Wildman–Crippen MR) is 99.7 cm³/mol. The molecule has 3 aliphatic rings. The number of allylic oxidation sites excluding steroid dienone is 2. The molecule has 2 heteroatoms. The number of epoxide rings is 1. The molecule has 0 radical (unpaired) electrons. The van der Waals surface area contributed by atoms with Crippen molar-refractivity contribution in [3.8, 4) is 11.1 Å². The number of rotatable bonds is 4. The minimum Gasteiger partial charge on any atom is -0.371 e. The van der Waals surface area contributed by atoms with Crippen LogP contribution in [0.5, 0.6) is 0 Å². The zero-order valence-corrected chi connectivity index (χ0v) is 14.5. The van der Waals surface area contributed by atoms with Gasteiger partial charge >= 0.3 is 0 Å². The van der Waals surface area contributed by atoms with Crippen molar-refractivity contribution >= 4 is 0 Å². The van der Waals surface area contributed by atoms with Gasteiger partial charge in [-0.1, -0.05) is 54.6 Å². The van der Waals surface area contributed by atoms with Gasteiger partial charge in [-0.15, -0.1) is 0 Å². The fraction of sp³-hybridized carbons (Fsp3) is 0.304. The Hall–Kier alpha value is -2.16. The molecule has 0 N–H and O–H groups in total. The van der Waals surface area contributed by atoms with Crippen LogP contribution in [0.25, 0.3) is 11.1 Å². The summed E-state index contributed by atoms with van der Waals surface area (Å²) in [5, 5.41) is 0. The number of hydrogen-bond donors (Lipinski definition) is 0. The SMILES string of the molecule is COC1(C2CO2)C=CC(Cc2cccc3c2Cc2ccccc2-3)=CC1. The van der Waals surface area contributed by atoms with Crippen molar-refractivity contribution in [1.82, 2.24) is 0 Å². The molecule has 1 aliphatic heterocycles. The van der Waals surface area contributed by atoms with Gasteiger partial charge in [-0.2, -0.15) is 0 Å². The number of ether oxygens (including phenoxy) is 2. The van der Waals surface area contributed by atoms with Crippen LogP contribution in [0.4, 0.5) is 0 Å². The molecule has 5 rings (SSSR count). The van der Waals surface area contributed by atoms with Crippen LogP contribution in [0, 0.1) is 0 Å². The molecule has 1 fully saturated rings. The molecule has 2 unspecified atom stereocenters. The molecule has 126 valence electrons. The molecule has 2 nitrogen and oxygen atoms in total. The maximum atomic E-state index is 5.76. The summed E-state index contributed by atoms with van der Waals surface area (Å²) in [5.74, 6) is 0. The quantitative estimate of drug-likeness (QED) is 0.658. The summed E-state index contributed by atoms with van der Waals surface area (Å²) in [4.78, 5) is 0. The van der Waals surface area contributed by atoms with E-state index in [0.717, 1.165) is 25.9 Å². The third kappa shape index (κ3) is 2.48. The van der Waals surface area contributed by atoms with Crippen LogP contribution < -0.4 is 0 Å². The Labute approximate surface area is 148 Å². The van der Waals surface area contributed by atoms with E-state index in [9.17, 15) is 0 Å². The Morgan fingerprint density at radius 2 is 1.96 bits per heavy atom. The fourth-order valence-electron chi connectivity index (χ4n) is 4.27. The second-order valence-corrected chi connectivity index (χ2v) is 7.25.